The number of sulfone groups is 1. The Labute approximate surface area is 213 Å². The van der Waals surface area contributed by atoms with Crippen molar-refractivity contribution in [2.75, 3.05) is 5.32 Å². The number of aliphatic hydroxyl groups excluding tert-OH is 2. The number of carbonyl (C=O) groups is 1. The van der Waals surface area contributed by atoms with Crippen LogP contribution in [0.3, 0.4) is 0 Å². The standard InChI is InChI=1S/C25H28ClF2NO6S/c1-2-21(30)23(31)25(33)14-4-5-15(25)11-17(10-14)36(34,35)22-9-13(3-7-18(22)26)24(32)29-16-6-8-19(27)20(28)12-16/h3,6-9,12,14-15,17,21,23,30-31,33H,2,4-5,10-11H2,1H3,(H,29,32)/t14-,15?,17-,21-,23+,25-/m0/s1. The van der Waals surface area contributed by atoms with E-state index in [-0.39, 0.29) is 40.4 Å². The first-order valence-corrected chi connectivity index (χ1v) is 13.7. The van der Waals surface area contributed by atoms with Crippen LogP contribution in [0.5, 0.6) is 0 Å². The van der Waals surface area contributed by atoms with Crippen molar-refractivity contribution in [1.29, 1.82) is 0 Å². The van der Waals surface area contributed by atoms with Gasteiger partial charge in [-0.1, -0.05) is 18.5 Å². The minimum absolute atomic E-state index is 0.00535. The molecule has 2 fully saturated rings. The van der Waals surface area contributed by atoms with E-state index in [0.29, 0.717) is 12.8 Å². The zero-order valence-electron chi connectivity index (χ0n) is 19.5. The zero-order chi connectivity index (χ0) is 26.4. The molecular formula is C25H28ClF2NO6S. The van der Waals surface area contributed by atoms with Crippen LogP contribution in [0.1, 0.15) is 49.4 Å². The van der Waals surface area contributed by atoms with Crippen LogP contribution in [0.4, 0.5) is 14.5 Å². The lowest BCUT2D eigenvalue weighted by atomic mass is 9.69. The molecule has 0 aliphatic heterocycles. The Morgan fingerprint density at radius 2 is 1.75 bits per heavy atom. The fraction of sp³-hybridized carbons (Fsp3) is 0.480. The molecule has 0 heterocycles. The number of anilines is 1. The van der Waals surface area contributed by atoms with E-state index in [1.807, 2.05) is 0 Å². The van der Waals surface area contributed by atoms with E-state index in [0.717, 1.165) is 18.2 Å². The van der Waals surface area contributed by atoms with Crippen LogP contribution < -0.4 is 5.32 Å². The summed E-state index contributed by atoms with van der Waals surface area (Å²) >= 11 is 6.23. The maximum absolute atomic E-state index is 13.6. The highest BCUT2D eigenvalue weighted by atomic mass is 35.5. The van der Waals surface area contributed by atoms with Crippen LogP contribution >= 0.6 is 11.6 Å². The number of rotatable bonds is 7. The highest BCUT2D eigenvalue weighted by molar-refractivity contribution is 7.92. The number of halogens is 3. The molecule has 36 heavy (non-hydrogen) atoms. The van der Waals surface area contributed by atoms with Gasteiger partial charge in [-0.15, -0.1) is 0 Å². The topological polar surface area (TPSA) is 124 Å². The number of nitrogens with one attached hydrogen (secondary N) is 1. The smallest absolute Gasteiger partial charge is 0.255 e. The Bertz CT molecular complexity index is 1260. The molecule has 2 aliphatic rings. The van der Waals surface area contributed by atoms with Gasteiger partial charge in [-0.25, -0.2) is 17.2 Å². The van der Waals surface area contributed by atoms with Crippen molar-refractivity contribution in [3.8, 4) is 0 Å². The van der Waals surface area contributed by atoms with E-state index in [1.54, 1.807) is 6.92 Å². The Morgan fingerprint density at radius 3 is 2.33 bits per heavy atom. The molecular weight excluding hydrogens is 516 g/mol. The average molecular weight is 544 g/mol. The Morgan fingerprint density at radius 1 is 1.11 bits per heavy atom. The molecule has 1 amide bonds. The summed E-state index contributed by atoms with van der Waals surface area (Å²) < 4.78 is 53.9. The van der Waals surface area contributed by atoms with Gasteiger partial charge in [0.25, 0.3) is 5.91 Å². The normalized spacial score (nSPS) is 27.5. The van der Waals surface area contributed by atoms with Crippen LogP contribution in [0.15, 0.2) is 41.3 Å². The van der Waals surface area contributed by atoms with Gasteiger partial charge in [0.2, 0.25) is 0 Å². The maximum Gasteiger partial charge on any atom is 0.255 e. The lowest BCUT2D eigenvalue weighted by molar-refractivity contribution is -0.176. The van der Waals surface area contributed by atoms with E-state index in [1.165, 1.54) is 18.2 Å². The number of carbonyl (C=O) groups excluding carboxylic acids is 1. The molecule has 0 saturated heterocycles. The van der Waals surface area contributed by atoms with Gasteiger partial charge in [0, 0.05) is 17.3 Å². The quantitative estimate of drug-likeness (QED) is 0.422. The van der Waals surface area contributed by atoms with Gasteiger partial charge < -0.3 is 20.6 Å². The van der Waals surface area contributed by atoms with Crippen LogP contribution in [-0.4, -0.2) is 52.7 Å². The summed E-state index contributed by atoms with van der Waals surface area (Å²) in [7, 11) is -4.04. The van der Waals surface area contributed by atoms with Crippen molar-refractivity contribution in [2.24, 2.45) is 11.8 Å². The third kappa shape index (κ3) is 4.65. The van der Waals surface area contributed by atoms with Gasteiger partial charge in [0.15, 0.2) is 21.5 Å². The minimum Gasteiger partial charge on any atom is -0.390 e. The number of fused-ring (bicyclic) bond motifs is 2. The molecule has 2 bridgehead atoms. The molecule has 0 radical (unpaired) electrons. The van der Waals surface area contributed by atoms with Crippen LogP contribution in [-0.2, 0) is 9.84 Å². The number of amides is 1. The van der Waals surface area contributed by atoms with Crippen LogP contribution in [0, 0.1) is 23.5 Å². The zero-order valence-corrected chi connectivity index (χ0v) is 21.1. The lowest BCUT2D eigenvalue weighted by Gasteiger charge is -2.46. The third-order valence-corrected chi connectivity index (χ3v) is 10.3. The van der Waals surface area contributed by atoms with Crippen molar-refractivity contribution < 1.29 is 37.3 Å². The molecule has 4 N–H and O–H groups in total. The summed E-state index contributed by atoms with van der Waals surface area (Å²) in [5.74, 6) is -3.99. The SMILES string of the molecule is CC[C@H](O)[C@@H](O)[C@@]1(O)C2CC[C@H]1C[C@H](S(=O)(=O)c1cc(C(=O)Nc3ccc(F)c(F)c3)ccc1Cl)C2. The third-order valence-electron chi connectivity index (χ3n) is 7.64. The predicted molar refractivity (Wildman–Crippen MR) is 129 cm³/mol. The van der Waals surface area contributed by atoms with Crippen LogP contribution in [0.2, 0.25) is 5.02 Å². The Kier molecular flexibility index (Phi) is 7.47. The first-order valence-electron chi connectivity index (χ1n) is 11.8. The largest absolute Gasteiger partial charge is 0.390 e. The van der Waals surface area contributed by atoms with Crippen molar-refractivity contribution >= 4 is 33.0 Å². The number of aliphatic hydroxyl groups is 3. The fourth-order valence-corrected chi connectivity index (χ4v) is 8.03. The molecule has 4 rings (SSSR count). The first kappa shape index (κ1) is 26.9. The number of hydrogen-bond donors (Lipinski definition) is 4. The van der Waals surface area contributed by atoms with Gasteiger partial charge in [-0.3, -0.25) is 4.79 Å². The van der Waals surface area contributed by atoms with E-state index < -0.39 is 62.3 Å². The Hall–Kier alpha value is -2.11. The van der Waals surface area contributed by atoms with Crippen molar-refractivity contribution in [3.05, 3.63) is 58.6 Å². The molecule has 2 aliphatic carbocycles. The molecule has 11 heteroatoms. The summed E-state index contributed by atoms with van der Waals surface area (Å²) in [4.78, 5) is 12.4. The lowest BCUT2D eigenvalue weighted by Crippen LogP contribution is -2.59. The summed E-state index contributed by atoms with van der Waals surface area (Å²) in [6, 6.07) is 6.59. The van der Waals surface area contributed by atoms with Crippen molar-refractivity contribution in [2.45, 2.75) is 67.0 Å². The molecule has 6 atom stereocenters. The van der Waals surface area contributed by atoms with E-state index in [9.17, 15) is 37.3 Å². The molecule has 1 unspecified atom stereocenters. The summed E-state index contributed by atoms with van der Waals surface area (Å²) in [6.07, 6.45) is -1.06. The van der Waals surface area contributed by atoms with Crippen LogP contribution in [0.25, 0.3) is 0 Å². The molecule has 0 spiro atoms. The number of hydrogen-bond acceptors (Lipinski definition) is 6. The van der Waals surface area contributed by atoms with E-state index in [2.05, 4.69) is 5.32 Å². The summed E-state index contributed by atoms with van der Waals surface area (Å²) in [5, 5.41) is 33.5. The highest BCUT2D eigenvalue weighted by Gasteiger charge is 2.60. The van der Waals surface area contributed by atoms with E-state index in [4.69, 9.17) is 11.6 Å². The van der Waals surface area contributed by atoms with Gasteiger partial charge in [0.1, 0.15) is 6.10 Å². The van der Waals surface area contributed by atoms with Gasteiger partial charge in [0.05, 0.1) is 26.9 Å². The molecule has 7 nitrogen and oxygen atoms in total. The minimum atomic E-state index is -4.04. The van der Waals surface area contributed by atoms with Crippen molar-refractivity contribution in [1.82, 2.24) is 0 Å². The summed E-state index contributed by atoms with van der Waals surface area (Å²) in [5.41, 5.74) is -1.62. The maximum atomic E-state index is 13.6. The molecule has 196 valence electrons. The Balaban J connectivity index is 1.58. The van der Waals surface area contributed by atoms with Gasteiger partial charge in [-0.2, -0.15) is 0 Å². The predicted octanol–water partition coefficient (Wildman–Crippen LogP) is 3.70. The fourth-order valence-electron chi connectivity index (χ4n) is 5.63. The van der Waals surface area contributed by atoms with E-state index >= 15 is 0 Å². The summed E-state index contributed by atoms with van der Waals surface area (Å²) in [6.45, 7) is 1.69. The first-order chi connectivity index (χ1) is 16.9. The average Bonchev–Trinajstić information content (AvgIpc) is 3.00. The molecule has 2 saturated carbocycles. The van der Waals surface area contributed by atoms with Gasteiger partial charge >= 0.3 is 0 Å². The molecule has 0 aromatic heterocycles. The monoisotopic (exact) mass is 543 g/mol. The second-order valence-electron chi connectivity index (χ2n) is 9.65. The second kappa shape index (κ2) is 9.98. The van der Waals surface area contributed by atoms with Crippen molar-refractivity contribution in [3.63, 3.8) is 0 Å². The molecule has 2 aromatic carbocycles. The molecule has 2 aromatic rings. The second-order valence-corrected chi connectivity index (χ2v) is 12.2. The highest BCUT2D eigenvalue weighted by Crippen LogP contribution is 2.54. The van der Waals surface area contributed by atoms with Gasteiger partial charge in [-0.05, 0) is 74.3 Å². The number of benzene rings is 2.